The summed E-state index contributed by atoms with van der Waals surface area (Å²) in [6.07, 6.45) is 4.00. The van der Waals surface area contributed by atoms with Crippen LogP contribution in [0.5, 0.6) is 0 Å². The van der Waals surface area contributed by atoms with Crippen molar-refractivity contribution in [2.24, 2.45) is 0 Å². The number of anilines is 2. The number of morpholine rings is 1. The Labute approximate surface area is 190 Å². The van der Waals surface area contributed by atoms with E-state index < -0.39 is 8.07 Å². The Bertz CT molecular complexity index is 1080. The van der Waals surface area contributed by atoms with Crippen LogP contribution in [0.3, 0.4) is 0 Å². The van der Waals surface area contributed by atoms with Gasteiger partial charge in [0, 0.05) is 20.4 Å². The van der Waals surface area contributed by atoms with Crippen molar-refractivity contribution in [1.82, 2.24) is 14.5 Å². The van der Waals surface area contributed by atoms with Crippen molar-refractivity contribution >= 4 is 30.6 Å². The molecule has 2 N–H and O–H groups in total. The highest BCUT2D eigenvalue weighted by Gasteiger charge is 2.39. The van der Waals surface area contributed by atoms with Crippen LogP contribution in [-0.2, 0) is 16.2 Å². The number of benzene rings is 1. The average molecular weight is 452 g/mol. The molecular weight excluding hydrogens is 418 g/mol. The molecule has 1 aromatic carbocycles. The van der Waals surface area contributed by atoms with Crippen molar-refractivity contribution in [1.29, 1.82) is 0 Å². The van der Waals surface area contributed by atoms with E-state index in [4.69, 9.17) is 25.2 Å². The molecule has 2 aliphatic rings. The summed E-state index contributed by atoms with van der Waals surface area (Å²) in [5, 5.41) is 1.08. The first-order chi connectivity index (χ1) is 15.4. The monoisotopic (exact) mass is 451 g/mol. The number of fused-ring (bicyclic) bond motifs is 3. The topological polar surface area (TPSA) is 78.4 Å². The van der Waals surface area contributed by atoms with Gasteiger partial charge in [0.15, 0.2) is 0 Å². The predicted molar refractivity (Wildman–Crippen MR) is 132 cm³/mol. The minimum atomic E-state index is -1.15. The number of nitrogen functional groups attached to an aromatic ring is 1. The van der Waals surface area contributed by atoms with Gasteiger partial charge in [-0.25, -0.2) is 9.97 Å². The number of ether oxygens (including phenoxy) is 2. The lowest BCUT2D eigenvalue weighted by molar-refractivity contribution is 0.0900. The molecule has 3 aromatic rings. The van der Waals surface area contributed by atoms with Crippen LogP contribution >= 0.6 is 0 Å². The quantitative estimate of drug-likeness (QED) is 0.327. The van der Waals surface area contributed by atoms with Gasteiger partial charge >= 0.3 is 0 Å². The smallest absolute Gasteiger partial charge is 0.147 e. The summed E-state index contributed by atoms with van der Waals surface area (Å²) in [5.74, 6) is 1.02. The Balaban J connectivity index is 1.55. The van der Waals surface area contributed by atoms with Crippen LogP contribution in [-0.4, -0.2) is 54.5 Å². The fourth-order valence-electron chi connectivity index (χ4n) is 4.79. The second-order valence-corrected chi connectivity index (χ2v) is 15.8. The van der Waals surface area contributed by atoms with Crippen molar-refractivity contribution in [3.8, 4) is 11.3 Å². The van der Waals surface area contributed by atoms with Crippen LogP contribution < -0.4 is 10.6 Å². The Hall–Kier alpha value is -2.42. The molecule has 2 atom stereocenters. The first-order valence-corrected chi connectivity index (χ1v) is 15.3. The van der Waals surface area contributed by atoms with Gasteiger partial charge < -0.3 is 24.7 Å². The molecule has 2 aromatic heterocycles. The average Bonchev–Trinajstić information content (AvgIpc) is 3.24. The van der Waals surface area contributed by atoms with E-state index in [1.54, 1.807) is 6.33 Å². The summed E-state index contributed by atoms with van der Waals surface area (Å²) < 4.78 is 14.1. The van der Waals surface area contributed by atoms with Crippen LogP contribution in [0.1, 0.15) is 12.8 Å². The summed E-state index contributed by atoms with van der Waals surface area (Å²) in [5.41, 5.74) is 9.80. The predicted octanol–water partition coefficient (Wildman–Crippen LogP) is 4.36. The van der Waals surface area contributed by atoms with E-state index in [9.17, 15) is 0 Å². The minimum absolute atomic E-state index is 0.392. The third-order valence-corrected chi connectivity index (χ3v) is 8.28. The van der Waals surface area contributed by atoms with Gasteiger partial charge in [0.05, 0.1) is 36.4 Å². The minimum Gasteiger partial charge on any atom is -0.399 e. The third kappa shape index (κ3) is 4.14. The summed E-state index contributed by atoms with van der Waals surface area (Å²) in [6.45, 7) is 9.90. The molecule has 170 valence electrons. The zero-order valence-electron chi connectivity index (χ0n) is 19.3. The first kappa shape index (κ1) is 21.4. The van der Waals surface area contributed by atoms with Gasteiger partial charge in [-0.05, 0) is 42.6 Å². The standard InChI is InChI=1S/C24H33N5O2Si/c1-32(2,3)11-10-30-16-28-22(17-4-6-18(25)7-5-17)12-21-23(28)26-15-27-24(21)29-19-8-9-20(29)14-31-13-19/h4-7,12,15,19-20H,8-11,13-14,16,25H2,1-3H3. The summed E-state index contributed by atoms with van der Waals surface area (Å²) in [6, 6.07) is 12.2. The molecule has 2 saturated heterocycles. The van der Waals surface area contributed by atoms with Gasteiger partial charge in [-0.2, -0.15) is 0 Å². The van der Waals surface area contributed by atoms with Crippen LogP contribution in [0.15, 0.2) is 36.7 Å². The molecule has 0 amide bonds. The normalized spacial score (nSPS) is 20.9. The zero-order chi connectivity index (χ0) is 22.3. The molecule has 32 heavy (non-hydrogen) atoms. The maximum atomic E-state index is 6.17. The molecule has 8 heteroatoms. The maximum Gasteiger partial charge on any atom is 0.147 e. The van der Waals surface area contributed by atoms with E-state index in [0.29, 0.717) is 18.8 Å². The van der Waals surface area contributed by atoms with E-state index in [2.05, 4.69) is 47.3 Å². The fourth-order valence-corrected chi connectivity index (χ4v) is 5.54. The highest BCUT2D eigenvalue weighted by molar-refractivity contribution is 6.76. The SMILES string of the molecule is C[Si](C)(C)CCOCn1c(-c2ccc(N)cc2)cc2c(N3C4CCC3COC4)ncnc21. The van der Waals surface area contributed by atoms with Crippen molar-refractivity contribution in [2.75, 3.05) is 30.5 Å². The number of nitrogens with two attached hydrogens (primary N) is 1. The van der Waals surface area contributed by atoms with Crippen molar-refractivity contribution in [3.05, 3.63) is 36.7 Å². The first-order valence-electron chi connectivity index (χ1n) is 11.5. The van der Waals surface area contributed by atoms with Crippen molar-refractivity contribution in [2.45, 2.75) is 57.3 Å². The molecule has 2 bridgehead atoms. The Morgan fingerprint density at radius 1 is 1.09 bits per heavy atom. The van der Waals surface area contributed by atoms with Crippen LogP contribution in [0.2, 0.25) is 25.7 Å². The summed E-state index contributed by atoms with van der Waals surface area (Å²) in [7, 11) is -1.15. The van der Waals surface area contributed by atoms with E-state index in [-0.39, 0.29) is 0 Å². The Morgan fingerprint density at radius 2 is 1.81 bits per heavy atom. The summed E-state index contributed by atoms with van der Waals surface area (Å²) >= 11 is 0. The number of nitrogens with zero attached hydrogens (tertiary/aromatic N) is 4. The van der Waals surface area contributed by atoms with E-state index in [1.165, 1.54) is 0 Å². The molecule has 2 unspecified atom stereocenters. The van der Waals surface area contributed by atoms with Gasteiger partial charge in [0.2, 0.25) is 0 Å². The molecule has 5 rings (SSSR count). The highest BCUT2D eigenvalue weighted by atomic mass is 28.3. The molecule has 0 radical (unpaired) electrons. The van der Waals surface area contributed by atoms with Crippen LogP contribution in [0.4, 0.5) is 11.5 Å². The Morgan fingerprint density at radius 3 is 2.50 bits per heavy atom. The fraction of sp³-hybridized carbons (Fsp3) is 0.500. The zero-order valence-corrected chi connectivity index (χ0v) is 20.3. The van der Waals surface area contributed by atoms with Crippen LogP contribution in [0, 0.1) is 0 Å². The third-order valence-electron chi connectivity index (χ3n) is 6.58. The number of hydrogen-bond acceptors (Lipinski definition) is 6. The molecular formula is C24H33N5O2Si. The molecule has 0 aliphatic carbocycles. The van der Waals surface area contributed by atoms with Crippen molar-refractivity contribution in [3.63, 3.8) is 0 Å². The number of hydrogen-bond donors (Lipinski definition) is 1. The number of aromatic nitrogens is 3. The van der Waals surface area contributed by atoms with E-state index >= 15 is 0 Å². The lowest BCUT2D eigenvalue weighted by Gasteiger charge is -2.35. The van der Waals surface area contributed by atoms with E-state index in [1.807, 2.05) is 12.1 Å². The largest absolute Gasteiger partial charge is 0.399 e. The van der Waals surface area contributed by atoms with Crippen LogP contribution in [0.25, 0.3) is 22.3 Å². The lowest BCUT2D eigenvalue weighted by Crippen LogP contribution is -2.46. The lowest BCUT2D eigenvalue weighted by atomic mass is 10.1. The molecule has 2 fully saturated rings. The highest BCUT2D eigenvalue weighted by Crippen LogP contribution is 2.38. The second-order valence-electron chi connectivity index (χ2n) is 10.2. The Kier molecular flexibility index (Phi) is 5.69. The van der Waals surface area contributed by atoms with Gasteiger partial charge in [-0.1, -0.05) is 31.8 Å². The molecule has 2 aliphatic heterocycles. The number of rotatable bonds is 7. The molecule has 0 spiro atoms. The summed E-state index contributed by atoms with van der Waals surface area (Å²) in [4.78, 5) is 11.9. The van der Waals surface area contributed by atoms with Gasteiger partial charge in [-0.3, -0.25) is 0 Å². The molecule has 4 heterocycles. The second kappa shape index (κ2) is 8.50. The maximum absolute atomic E-state index is 6.17. The molecule has 7 nitrogen and oxygen atoms in total. The van der Waals surface area contributed by atoms with Gasteiger partial charge in [0.1, 0.15) is 24.5 Å². The van der Waals surface area contributed by atoms with Gasteiger partial charge in [-0.15, -0.1) is 0 Å². The van der Waals surface area contributed by atoms with Gasteiger partial charge in [0.25, 0.3) is 0 Å². The van der Waals surface area contributed by atoms with E-state index in [0.717, 1.165) is 72.5 Å². The molecule has 0 saturated carbocycles. The van der Waals surface area contributed by atoms with Crippen molar-refractivity contribution < 1.29 is 9.47 Å².